The molecule has 0 radical (unpaired) electrons. The van der Waals surface area contributed by atoms with Crippen LogP contribution in [0.25, 0.3) is 0 Å². The van der Waals surface area contributed by atoms with Gasteiger partial charge in [-0.25, -0.2) is 4.98 Å². The Bertz CT molecular complexity index is 555. The quantitative estimate of drug-likeness (QED) is 0.849. The number of hydrogen-bond acceptors (Lipinski definition) is 3. The highest BCUT2D eigenvalue weighted by Crippen LogP contribution is 2.38. The molecule has 19 heavy (non-hydrogen) atoms. The van der Waals surface area contributed by atoms with E-state index in [9.17, 15) is 4.79 Å². The number of rotatable bonds is 5. The summed E-state index contributed by atoms with van der Waals surface area (Å²) in [6, 6.07) is 1.89. The number of nitrogens with zero attached hydrogens (tertiary/aromatic N) is 3. The molecule has 0 aromatic carbocycles. The van der Waals surface area contributed by atoms with Crippen LogP contribution in [0.4, 0.5) is 0 Å². The fraction of sp³-hybridized carbons (Fsp3) is 0.462. The van der Waals surface area contributed by atoms with Gasteiger partial charge in [0.05, 0.1) is 6.33 Å². The molecular formula is C13H17N5O. The first-order valence-electron chi connectivity index (χ1n) is 6.54. The number of hydrogen-bond donors (Lipinski definition) is 2. The molecule has 2 heterocycles. The largest absolute Gasteiger partial charge is 0.346 e. The smallest absolute Gasteiger partial charge is 0.272 e. The number of aromatic nitrogens is 4. The average molecular weight is 259 g/mol. The molecular weight excluding hydrogens is 242 g/mol. The minimum Gasteiger partial charge on any atom is -0.346 e. The summed E-state index contributed by atoms with van der Waals surface area (Å²) in [7, 11) is 0. The molecule has 6 heteroatoms. The summed E-state index contributed by atoms with van der Waals surface area (Å²) in [5, 5.41) is 9.95. The Labute approximate surface area is 111 Å². The highest BCUT2D eigenvalue weighted by Gasteiger charge is 2.26. The van der Waals surface area contributed by atoms with E-state index in [1.807, 2.05) is 23.8 Å². The van der Waals surface area contributed by atoms with Crippen molar-refractivity contribution in [1.82, 2.24) is 25.1 Å². The third kappa shape index (κ3) is 2.83. The molecule has 6 nitrogen and oxygen atoms in total. The topological polar surface area (TPSA) is 75.6 Å². The summed E-state index contributed by atoms with van der Waals surface area (Å²) in [4.78, 5) is 16.0. The summed E-state index contributed by atoms with van der Waals surface area (Å²) in [6.45, 7) is 2.66. The maximum absolute atomic E-state index is 12.0. The van der Waals surface area contributed by atoms with Crippen molar-refractivity contribution in [3.63, 3.8) is 0 Å². The van der Waals surface area contributed by atoms with Gasteiger partial charge in [-0.1, -0.05) is 0 Å². The molecule has 1 saturated carbocycles. The van der Waals surface area contributed by atoms with E-state index in [2.05, 4.69) is 20.5 Å². The summed E-state index contributed by atoms with van der Waals surface area (Å²) in [5.74, 6) is 0.452. The Morgan fingerprint density at radius 2 is 2.47 bits per heavy atom. The van der Waals surface area contributed by atoms with Gasteiger partial charge in [0.1, 0.15) is 5.69 Å². The molecule has 2 aromatic rings. The lowest BCUT2D eigenvalue weighted by atomic mass is 10.2. The van der Waals surface area contributed by atoms with Crippen molar-refractivity contribution in [1.29, 1.82) is 0 Å². The first kappa shape index (κ1) is 12.0. The lowest BCUT2D eigenvalue weighted by Crippen LogP contribution is -2.35. The normalized spacial score (nSPS) is 16.3. The van der Waals surface area contributed by atoms with Gasteiger partial charge in [-0.05, 0) is 25.8 Å². The molecule has 1 aliphatic carbocycles. The van der Waals surface area contributed by atoms with E-state index in [4.69, 9.17) is 0 Å². The van der Waals surface area contributed by atoms with Crippen molar-refractivity contribution < 1.29 is 4.79 Å². The third-order valence-corrected chi connectivity index (χ3v) is 3.27. The Morgan fingerprint density at radius 1 is 1.63 bits per heavy atom. The molecule has 1 aliphatic rings. The van der Waals surface area contributed by atoms with E-state index in [-0.39, 0.29) is 11.9 Å². The van der Waals surface area contributed by atoms with Crippen molar-refractivity contribution >= 4 is 5.91 Å². The van der Waals surface area contributed by atoms with Crippen LogP contribution in [-0.4, -0.2) is 31.7 Å². The molecule has 3 rings (SSSR count). The molecule has 100 valence electrons. The zero-order valence-electron chi connectivity index (χ0n) is 10.8. The number of aromatic amines is 1. The number of carbonyl (C=O) groups is 1. The average Bonchev–Trinajstić information content (AvgIpc) is 2.91. The maximum Gasteiger partial charge on any atom is 0.272 e. The van der Waals surface area contributed by atoms with Gasteiger partial charge in [-0.15, -0.1) is 0 Å². The third-order valence-electron chi connectivity index (χ3n) is 3.27. The van der Waals surface area contributed by atoms with Gasteiger partial charge in [0, 0.05) is 36.6 Å². The van der Waals surface area contributed by atoms with E-state index >= 15 is 0 Å². The summed E-state index contributed by atoms with van der Waals surface area (Å²) >= 11 is 0. The Balaban J connectivity index is 1.57. The van der Waals surface area contributed by atoms with Gasteiger partial charge < -0.3 is 9.88 Å². The van der Waals surface area contributed by atoms with Crippen molar-refractivity contribution in [2.24, 2.45) is 0 Å². The fourth-order valence-electron chi connectivity index (χ4n) is 2.11. The molecule has 1 atom stereocenters. The van der Waals surface area contributed by atoms with Crippen molar-refractivity contribution in [2.45, 2.75) is 38.3 Å². The molecule has 0 saturated heterocycles. The van der Waals surface area contributed by atoms with Gasteiger partial charge >= 0.3 is 0 Å². The van der Waals surface area contributed by atoms with Crippen LogP contribution in [0.3, 0.4) is 0 Å². The van der Waals surface area contributed by atoms with E-state index in [1.54, 1.807) is 12.5 Å². The van der Waals surface area contributed by atoms with Gasteiger partial charge in [0.15, 0.2) is 0 Å². The summed E-state index contributed by atoms with van der Waals surface area (Å²) in [5.41, 5.74) is 1.55. The number of imidazole rings is 1. The second-order valence-electron chi connectivity index (χ2n) is 5.12. The van der Waals surface area contributed by atoms with Crippen molar-refractivity contribution in [2.75, 3.05) is 0 Å². The lowest BCUT2D eigenvalue weighted by molar-refractivity contribution is 0.0931. The highest BCUT2D eigenvalue weighted by atomic mass is 16.2. The van der Waals surface area contributed by atoms with E-state index in [1.165, 1.54) is 12.8 Å². The number of H-pyrrole nitrogens is 1. The fourth-order valence-corrected chi connectivity index (χ4v) is 2.11. The van der Waals surface area contributed by atoms with E-state index in [0.717, 1.165) is 5.69 Å². The Morgan fingerprint density at radius 3 is 3.16 bits per heavy atom. The predicted octanol–water partition coefficient (Wildman–Crippen LogP) is 1.30. The minimum absolute atomic E-state index is 0.0303. The van der Waals surface area contributed by atoms with Crippen molar-refractivity contribution in [3.8, 4) is 0 Å². The molecule has 1 fully saturated rings. The van der Waals surface area contributed by atoms with Gasteiger partial charge in [0.25, 0.3) is 5.91 Å². The standard InChI is InChI=1S/C13H17N5O/c1-9(7-18-5-4-14-8-18)15-13(19)12-6-11(16-17-12)10-2-3-10/h4-6,8-10H,2-3,7H2,1H3,(H,15,19)(H,16,17)/t9-/m0/s1. The number of amides is 1. The van der Waals surface area contributed by atoms with Gasteiger partial charge in [-0.2, -0.15) is 5.10 Å². The first-order chi connectivity index (χ1) is 9.22. The van der Waals surface area contributed by atoms with Crippen LogP contribution in [0.2, 0.25) is 0 Å². The van der Waals surface area contributed by atoms with Gasteiger partial charge in [0.2, 0.25) is 0 Å². The van der Waals surface area contributed by atoms with Crippen LogP contribution in [0.1, 0.15) is 41.9 Å². The molecule has 0 aliphatic heterocycles. The maximum atomic E-state index is 12.0. The second kappa shape index (κ2) is 4.87. The number of carbonyl (C=O) groups excluding carboxylic acids is 1. The van der Waals surface area contributed by atoms with Crippen LogP contribution in [0.15, 0.2) is 24.8 Å². The van der Waals surface area contributed by atoms with E-state index in [0.29, 0.717) is 18.2 Å². The predicted molar refractivity (Wildman–Crippen MR) is 69.7 cm³/mol. The van der Waals surface area contributed by atoms with Crippen LogP contribution in [-0.2, 0) is 6.54 Å². The monoisotopic (exact) mass is 259 g/mol. The number of nitrogens with one attached hydrogen (secondary N) is 2. The van der Waals surface area contributed by atoms with Crippen LogP contribution >= 0.6 is 0 Å². The zero-order valence-corrected chi connectivity index (χ0v) is 10.8. The molecule has 0 spiro atoms. The van der Waals surface area contributed by atoms with Crippen LogP contribution < -0.4 is 5.32 Å². The minimum atomic E-state index is -0.129. The molecule has 0 bridgehead atoms. The van der Waals surface area contributed by atoms with Crippen molar-refractivity contribution in [3.05, 3.63) is 36.2 Å². The Kier molecular flexibility index (Phi) is 3.06. The molecule has 2 aromatic heterocycles. The Hall–Kier alpha value is -2.11. The SMILES string of the molecule is C[C@@H](Cn1ccnc1)NC(=O)c1cc(C2CC2)[nH]n1. The van der Waals surface area contributed by atoms with Gasteiger partial charge in [-0.3, -0.25) is 9.89 Å². The summed E-state index contributed by atoms with van der Waals surface area (Å²) in [6.07, 6.45) is 7.73. The van der Waals surface area contributed by atoms with E-state index < -0.39 is 0 Å². The lowest BCUT2D eigenvalue weighted by Gasteiger charge is -2.13. The second-order valence-corrected chi connectivity index (χ2v) is 5.12. The van der Waals surface area contributed by atoms with Crippen LogP contribution in [0.5, 0.6) is 0 Å². The molecule has 1 amide bonds. The molecule has 0 unspecified atom stereocenters. The highest BCUT2D eigenvalue weighted by molar-refractivity contribution is 5.92. The van der Waals surface area contributed by atoms with Crippen LogP contribution in [0, 0.1) is 0 Å². The first-order valence-corrected chi connectivity index (χ1v) is 6.54. The summed E-state index contributed by atoms with van der Waals surface area (Å²) < 4.78 is 1.94. The molecule has 2 N–H and O–H groups in total. The zero-order chi connectivity index (χ0) is 13.2.